The Kier molecular flexibility index (Phi) is 6.08. The third-order valence-electron chi connectivity index (χ3n) is 2.84. The molecule has 0 amide bonds. The molecule has 0 aliphatic heterocycles. The molecule has 0 fully saturated rings. The van der Waals surface area contributed by atoms with Crippen LogP contribution < -0.4 is 10.1 Å². The van der Waals surface area contributed by atoms with E-state index in [0.717, 1.165) is 12.8 Å². The number of hydrogen-bond acceptors (Lipinski definition) is 2. The lowest BCUT2D eigenvalue weighted by molar-refractivity contribution is 0.264. The van der Waals surface area contributed by atoms with Crippen molar-refractivity contribution in [1.29, 1.82) is 0 Å². The first kappa shape index (κ1) is 15.8. The number of nitrogens with one attached hydrogen (secondary N) is 1. The van der Waals surface area contributed by atoms with E-state index in [1.807, 2.05) is 13.8 Å². The topological polar surface area (TPSA) is 21.3 Å². The van der Waals surface area contributed by atoms with Gasteiger partial charge in [-0.05, 0) is 12.8 Å². The zero-order valence-electron chi connectivity index (χ0n) is 10.9. The molecule has 19 heavy (non-hydrogen) atoms. The van der Waals surface area contributed by atoms with Crippen LogP contribution in [0.15, 0.2) is 6.07 Å². The molecule has 0 aliphatic rings. The van der Waals surface area contributed by atoms with Crippen LogP contribution in [0.1, 0.15) is 26.7 Å². The third kappa shape index (κ3) is 4.09. The van der Waals surface area contributed by atoms with Gasteiger partial charge in [0, 0.05) is 18.7 Å². The highest BCUT2D eigenvalue weighted by Gasteiger charge is 2.20. The second-order valence-corrected chi connectivity index (χ2v) is 4.11. The molecule has 0 radical (unpaired) electrons. The fourth-order valence-corrected chi connectivity index (χ4v) is 1.67. The van der Waals surface area contributed by atoms with Gasteiger partial charge >= 0.3 is 0 Å². The van der Waals surface area contributed by atoms with Gasteiger partial charge in [-0.25, -0.2) is 8.78 Å². The van der Waals surface area contributed by atoms with Gasteiger partial charge in [-0.15, -0.1) is 0 Å². The molecule has 1 aromatic rings. The summed E-state index contributed by atoms with van der Waals surface area (Å²) in [5.41, 5.74) is 0. The Hall–Kier alpha value is -1.30. The van der Waals surface area contributed by atoms with E-state index in [4.69, 9.17) is 4.74 Å². The first-order valence-corrected chi connectivity index (χ1v) is 6.20. The molecular formula is C13H17F4NO. The molecule has 2 nitrogen and oxygen atoms in total. The molecule has 1 N–H and O–H groups in total. The summed E-state index contributed by atoms with van der Waals surface area (Å²) < 4.78 is 57.0. The molecule has 0 heterocycles. The fraction of sp³-hybridized carbons (Fsp3) is 0.538. The van der Waals surface area contributed by atoms with E-state index in [0.29, 0.717) is 6.54 Å². The maximum absolute atomic E-state index is 13.2. The van der Waals surface area contributed by atoms with Crippen LogP contribution in [0, 0.1) is 23.3 Å². The zero-order chi connectivity index (χ0) is 14.4. The maximum Gasteiger partial charge on any atom is 0.203 e. The van der Waals surface area contributed by atoms with Gasteiger partial charge in [-0.3, -0.25) is 0 Å². The lowest BCUT2D eigenvalue weighted by atomic mass is 10.2. The van der Waals surface area contributed by atoms with Crippen LogP contribution in [0.3, 0.4) is 0 Å². The summed E-state index contributed by atoms with van der Waals surface area (Å²) in [6.07, 6.45) is 1.82. The van der Waals surface area contributed by atoms with E-state index in [1.54, 1.807) is 0 Å². The molecule has 0 aromatic heterocycles. The second-order valence-electron chi connectivity index (χ2n) is 4.11. The van der Waals surface area contributed by atoms with Crippen LogP contribution in [-0.2, 0) is 0 Å². The molecule has 1 aromatic carbocycles. The summed E-state index contributed by atoms with van der Waals surface area (Å²) in [7, 11) is 0. The molecular weight excluding hydrogens is 262 g/mol. The average molecular weight is 279 g/mol. The second kappa shape index (κ2) is 7.33. The fourth-order valence-electron chi connectivity index (χ4n) is 1.67. The van der Waals surface area contributed by atoms with Crippen LogP contribution in [0.4, 0.5) is 17.6 Å². The maximum atomic E-state index is 13.2. The Morgan fingerprint density at radius 1 is 1.05 bits per heavy atom. The van der Waals surface area contributed by atoms with Crippen LogP contribution in [0.25, 0.3) is 0 Å². The minimum atomic E-state index is -1.51. The Morgan fingerprint density at radius 2 is 1.58 bits per heavy atom. The number of benzene rings is 1. The van der Waals surface area contributed by atoms with E-state index >= 15 is 0 Å². The Bertz CT molecular complexity index is 395. The first-order valence-electron chi connectivity index (χ1n) is 6.20. The van der Waals surface area contributed by atoms with Crippen LogP contribution in [0.5, 0.6) is 5.75 Å². The minimum absolute atomic E-state index is 0.0762. The number of ether oxygens (including phenoxy) is 1. The smallest absolute Gasteiger partial charge is 0.203 e. The van der Waals surface area contributed by atoms with Gasteiger partial charge in [0.1, 0.15) is 6.61 Å². The molecule has 0 aliphatic carbocycles. The van der Waals surface area contributed by atoms with Gasteiger partial charge in [0.25, 0.3) is 0 Å². The molecule has 0 unspecified atom stereocenters. The quantitative estimate of drug-likeness (QED) is 0.469. The largest absolute Gasteiger partial charge is 0.486 e. The van der Waals surface area contributed by atoms with Crippen LogP contribution >= 0.6 is 0 Å². The summed E-state index contributed by atoms with van der Waals surface area (Å²) in [5.74, 6) is -6.98. The summed E-state index contributed by atoms with van der Waals surface area (Å²) in [5, 5.41) is 3.10. The van der Waals surface area contributed by atoms with E-state index in [2.05, 4.69) is 5.32 Å². The molecule has 0 atom stereocenters. The molecule has 0 bridgehead atoms. The summed E-state index contributed by atoms with van der Waals surface area (Å²) in [6.45, 7) is 4.27. The molecule has 0 saturated carbocycles. The number of halogens is 4. The molecule has 0 saturated heterocycles. The van der Waals surface area contributed by atoms with Gasteiger partial charge in [0.05, 0.1) is 0 Å². The van der Waals surface area contributed by atoms with Crippen molar-refractivity contribution in [3.63, 3.8) is 0 Å². The Balaban J connectivity index is 2.59. The average Bonchev–Trinajstić information content (AvgIpc) is 2.40. The first-order chi connectivity index (χ1) is 9.01. The van der Waals surface area contributed by atoms with E-state index in [1.165, 1.54) is 0 Å². The van der Waals surface area contributed by atoms with Gasteiger partial charge in [-0.2, -0.15) is 8.78 Å². The van der Waals surface area contributed by atoms with E-state index in [-0.39, 0.29) is 18.7 Å². The summed E-state index contributed by atoms with van der Waals surface area (Å²) in [4.78, 5) is 0. The van der Waals surface area contributed by atoms with Crippen molar-refractivity contribution in [3.05, 3.63) is 29.3 Å². The highest BCUT2D eigenvalue weighted by molar-refractivity contribution is 5.28. The Labute approximate surface area is 109 Å². The molecule has 1 rings (SSSR count). The van der Waals surface area contributed by atoms with Gasteiger partial charge < -0.3 is 10.1 Å². The van der Waals surface area contributed by atoms with Crippen molar-refractivity contribution < 1.29 is 22.3 Å². The summed E-state index contributed by atoms with van der Waals surface area (Å²) in [6, 6.07) is 0.433. The molecule has 6 heteroatoms. The summed E-state index contributed by atoms with van der Waals surface area (Å²) >= 11 is 0. The van der Waals surface area contributed by atoms with Gasteiger partial charge in [0.2, 0.25) is 11.6 Å². The van der Waals surface area contributed by atoms with Crippen molar-refractivity contribution in [2.75, 3.05) is 13.2 Å². The van der Waals surface area contributed by atoms with E-state index in [9.17, 15) is 17.6 Å². The van der Waals surface area contributed by atoms with Crippen molar-refractivity contribution in [1.82, 2.24) is 5.32 Å². The van der Waals surface area contributed by atoms with Gasteiger partial charge in [-0.1, -0.05) is 13.8 Å². The zero-order valence-corrected chi connectivity index (χ0v) is 10.9. The highest BCUT2D eigenvalue weighted by Crippen LogP contribution is 2.26. The number of rotatable bonds is 7. The van der Waals surface area contributed by atoms with Gasteiger partial charge in [0.15, 0.2) is 17.4 Å². The van der Waals surface area contributed by atoms with Crippen LogP contribution in [0.2, 0.25) is 0 Å². The van der Waals surface area contributed by atoms with Crippen molar-refractivity contribution in [2.45, 2.75) is 32.7 Å². The Morgan fingerprint density at radius 3 is 2.05 bits per heavy atom. The van der Waals surface area contributed by atoms with E-state index < -0.39 is 29.0 Å². The molecule has 108 valence electrons. The lowest BCUT2D eigenvalue weighted by Gasteiger charge is -2.15. The van der Waals surface area contributed by atoms with Crippen molar-refractivity contribution in [2.24, 2.45) is 0 Å². The predicted molar refractivity (Wildman–Crippen MR) is 64.1 cm³/mol. The third-order valence-corrected chi connectivity index (χ3v) is 2.84. The SMILES string of the molecule is CCC(CC)NCCOc1c(F)c(F)cc(F)c1F. The van der Waals surface area contributed by atoms with Crippen LogP contribution in [-0.4, -0.2) is 19.2 Å². The highest BCUT2D eigenvalue weighted by atomic mass is 19.2. The standard InChI is InChI=1S/C13H17F4NO/c1-3-8(4-2)18-5-6-19-13-11(16)9(14)7-10(15)12(13)17/h7-8,18H,3-6H2,1-2H3. The lowest BCUT2D eigenvalue weighted by Crippen LogP contribution is -2.31. The minimum Gasteiger partial charge on any atom is -0.486 e. The molecule has 0 spiro atoms. The predicted octanol–water partition coefficient (Wildman–Crippen LogP) is 3.40. The van der Waals surface area contributed by atoms with Crippen molar-refractivity contribution >= 4 is 0 Å². The van der Waals surface area contributed by atoms with Crippen molar-refractivity contribution in [3.8, 4) is 5.75 Å². The monoisotopic (exact) mass is 279 g/mol. The number of hydrogen-bond donors (Lipinski definition) is 1. The normalized spacial score (nSPS) is 11.1.